The fraction of sp³-hybridized carbons (Fsp3) is 0.333. The van der Waals surface area contributed by atoms with Crippen LogP contribution in [0.5, 0.6) is 0 Å². The van der Waals surface area contributed by atoms with Crippen molar-refractivity contribution in [1.82, 2.24) is 9.88 Å². The van der Waals surface area contributed by atoms with Gasteiger partial charge in [0.05, 0.1) is 5.56 Å². The minimum atomic E-state index is 0.115. The Bertz CT molecular complexity index is 336. The molecule has 2 heterocycles. The van der Waals surface area contributed by atoms with Gasteiger partial charge in [0.2, 0.25) is 0 Å². The van der Waals surface area contributed by atoms with Crippen LogP contribution < -0.4 is 0 Å². The van der Waals surface area contributed by atoms with Gasteiger partial charge in [-0.2, -0.15) is 0 Å². The number of rotatable bonds is 1. The first kappa shape index (κ1) is 8.93. The molecule has 4 heteroatoms. The average Bonchev–Trinajstić information content (AvgIpc) is 2.01. The topological polar surface area (TPSA) is 33.2 Å². The second kappa shape index (κ2) is 3.61. The Morgan fingerprint density at radius 3 is 2.85 bits per heavy atom. The van der Waals surface area contributed by atoms with Crippen LogP contribution in [0.4, 0.5) is 0 Å². The van der Waals surface area contributed by atoms with E-state index in [9.17, 15) is 4.79 Å². The Morgan fingerprint density at radius 2 is 2.31 bits per heavy atom. The third-order valence-corrected chi connectivity index (χ3v) is 2.99. The molecule has 1 amide bonds. The Kier molecular flexibility index (Phi) is 2.48. The van der Waals surface area contributed by atoms with Crippen molar-refractivity contribution >= 4 is 28.5 Å². The van der Waals surface area contributed by atoms with Gasteiger partial charge in [0, 0.05) is 19.3 Å². The van der Waals surface area contributed by atoms with Crippen molar-refractivity contribution in [2.45, 2.75) is 6.42 Å². The molecule has 1 fully saturated rings. The zero-order valence-corrected chi connectivity index (χ0v) is 9.19. The van der Waals surface area contributed by atoms with Crippen LogP contribution in [-0.2, 0) is 0 Å². The predicted octanol–water partition coefficient (Wildman–Crippen LogP) is 1.53. The molecule has 1 aromatic heterocycles. The second-order valence-electron chi connectivity index (χ2n) is 2.99. The van der Waals surface area contributed by atoms with E-state index in [0.717, 1.165) is 28.8 Å². The van der Waals surface area contributed by atoms with Gasteiger partial charge in [-0.15, -0.1) is 0 Å². The SMILES string of the molecule is O=C(c1cccnc1I)N1CCC1. The summed E-state index contributed by atoms with van der Waals surface area (Å²) in [6, 6.07) is 3.63. The van der Waals surface area contributed by atoms with Crippen LogP contribution in [0.2, 0.25) is 0 Å². The van der Waals surface area contributed by atoms with Crippen molar-refractivity contribution < 1.29 is 4.79 Å². The standard InChI is InChI=1S/C9H9IN2O/c10-8-7(3-1-4-11-8)9(13)12-5-2-6-12/h1,3-4H,2,5-6H2. The summed E-state index contributed by atoms with van der Waals surface area (Å²) in [5.41, 5.74) is 0.725. The molecule has 0 spiro atoms. The number of aromatic nitrogens is 1. The van der Waals surface area contributed by atoms with E-state index in [1.165, 1.54) is 0 Å². The zero-order valence-electron chi connectivity index (χ0n) is 7.03. The zero-order chi connectivity index (χ0) is 9.26. The van der Waals surface area contributed by atoms with Crippen molar-refractivity contribution in [2.24, 2.45) is 0 Å². The van der Waals surface area contributed by atoms with E-state index in [-0.39, 0.29) is 5.91 Å². The van der Waals surface area contributed by atoms with Crippen molar-refractivity contribution in [3.8, 4) is 0 Å². The monoisotopic (exact) mass is 288 g/mol. The van der Waals surface area contributed by atoms with Crippen LogP contribution in [0, 0.1) is 3.70 Å². The Hall–Kier alpha value is -0.650. The summed E-state index contributed by atoms with van der Waals surface area (Å²) < 4.78 is 0.789. The number of pyridine rings is 1. The summed E-state index contributed by atoms with van der Waals surface area (Å²) in [7, 11) is 0. The minimum absolute atomic E-state index is 0.115. The van der Waals surface area contributed by atoms with Crippen LogP contribution in [0.3, 0.4) is 0 Å². The largest absolute Gasteiger partial charge is 0.338 e. The maximum atomic E-state index is 11.7. The lowest BCUT2D eigenvalue weighted by molar-refractivity contribution is 0.0650. The van der Waals surface area contributed by atoms with E-state index in [0.29, 0.717) is 0 Å². The van der Waals surface area contributed by atoms with Gasteiger partial charge >= 0.3 is 0 Å². The number of nitrogens with zero attached hydrogens (tertiary/aromatic N) is 2. The quantitative estimate of drug-likeness (QED) is 0.580. The molecule has 3 nitrogen and oxygen atoms in total. The van der Waals surface area contributed by atoms with Gasteiger partial charge in [0.25, 0.3) is 5.91 Å². The molecule has 0 bridgehead atoms. The number of carbonyl (C=O) groups excluding carboxylic acids is 1. The van der Waals surface area contributed by atoms with Gasteiger partial charge in [-0.25, -0.2) is 4.98 Å². The molecular weight excluding hydrogens is 279 g/mol. The summed E-state index contributed by atoms with van der Waals surface area (Å²) in [4.78, 5) is 17.7. The molecule has 1 aliphatic rings. The highest BCUT2D eigenvalue weighted by Gasteiger charge is 2.23. The Labute approximate surface area is 90.3 Å². The van der Waals surface area contributed by atoms with Gasteiger partial charge in [-0.3, -0.25) is 4.79 Å². The maximum Gasteiger partial charge on any atom is 0.256 e. The highest BCUT2D eigenvalue weighted by molar-refractivity contribution is 14.1. The number of hydrogen-bond donors (Lipinski definition) is 0. The van der Waals surface area contributed by atoms with E-state index >= 15 is 0 Å². The molecule has 13 heavy (non-hydrogen) atoms. The molecular formula is C9H9IN2O. The number of carbonyl (C=O) groups is 1. The van der Waals surface area contributed by atoms with Crippen molar-refractivity contribution in [3.63, 3.8) is 0 Å². The van der Waals surface area contributed by atoms with Crippen molar-refractivity contribution in [1.29, 1.82) is 0 Å². The molecule has 0 atom stereocenters. The van der Waals surface area contributed by atoms with Crippen molar-refractivity contribution in [3.05, 3.63) is 27.6 Å². The Morgan fingerprint density at radius 1 is 1.54 bits per heavy atom. The summed E-state index contributed by atoms with van der Waals surface area (Å²) in [6.45, 7) is 1.79. The van der Waals surface area contributed by atoms with E-state index < -0.39 is 0 Å². The lowest BCUT2D eigenvalue weighted by atomic mass is 10.1. The van der Waals surface area contributed by atoms with Crippen LogP contribution in [0.25, 0.3) is 0 Å². The lowest BCUT2D eigenvalue weighted by Gasteiger charge is -2.30. The third kappa shape index (κ3) is 1.67. The molecule has 1 saturated heterocycles. The van der Waals surface area contributed by atoms with E-state index in [1.807, 2.05) is 11.0 Å². The van der Waals surface area contributed by atoms with Crippen LogP contribution in [0.1, 0.15) is 16.8 Å². The van der Waals surface area contributed by atoms with Crippen LogP contribution in [0.15, 0.2) is 18.3 Å². The highest BCUT2D eigenvalue weighted by Crippen LogP contribution is 2.15. The lowest BCUT2D eigenvalue weighted by Crippen LogP contribution is -2.42. The van der Waals surface area contributed by atoms with Gasteiger partial charge < -0.3 is 4.90 Å². The molecule has 2 rings (SSSR count). The maximum absolute atomic E-state index is 11.7. The second-order valence-corrected chi connectivity index (χ2v) is 4.01. The van der Waals surface area contributed by atoms with E-state index in [2.05, 4.69) is 27.6 Å². The summed E-state index contributed by atoms with van der Waals surface area (Å²) in [5, 5.41) is 0. The molecule has 68 valence electrons. The smallest absolute Gasteiger partial charge is 0.256 e. The Balaban J connectivity index is 2.24. The fourth-order valence-corrected chi connectivity index (χ4v) is 1.81. The summed E-state index contributed by atoms with van der Waals surface area (Å²) >= 11 is 2.09. The molecule has 0 radical (unpaired) electrons. The minimum Gasteiger partial charge on any atom is -0.338 e. The number of halogens is 1. The van der Waals surface area contributed by atoms with Gasteiger partial charge in [-0.1, -0.05) is 0 Å². The molecule has 0 saturated carbocycles. The van der Waals surface area contributed by atoms with Gasteiger partial charge in [0.1, 0.15) is 3.70 Å². The predicted molar refractivity (Wildman–Crippen MR) is 57.5 cm³/mol. The molecule has 0 aromatic carbocycles. The fourth-order valence-electron chi connectivity index (χ4n) is 1.24. The number of hydrogen-bond acceptors (Lipinski definition) is 2. The molecule has 1 aromatic rings. The van der Waals surface area contributed by atoms with Crippen molar-refractivity contribution in [2.75, 3.05) is 13.1 Å². The summed E-state index contributed by atoms with van der Waals surface area (Å²) in [5.74, 6) is 0.115. The number of likely N-dealkylation sites (tertiary alicyclic amines) is 1. The molecule has 0 aliphatic carbocycles. The highest BCUT2D eigenvalue weighted by atomic mass is 127. The van der Waals surface area contributed by atoms with Gasteiger partial charge in [0.15, 0.2) is 0 Å². The van der Waals surface area contributed by atoms with Crippen LogP contribution in [-0.4, -0.2) is 28.9 Å². The number of amides is 1. The molecule has 1 aliphatic heterocycles. The first-order chi connectivity index (χ1) is 6.29. The van der Waals surface area contributed by atoms with Crippen LogP contribution >= 0.6 is 22.6 Å². The molecule has 0 N–H and O–H groups in total. The van der Waals surface area contributed by atoms with Gasteiger partial charge in [-0.05, 0) is 41.1 Å². The third-order valence-electron chi connectivity index (χ3n) is 2.13. The molecule has 0 unspecified atom stereocenters. The normalized spacial score (nSPS) is 15.3. The first-order valence-electron chi connectivity index (χ1n) is 4.19. The van der Waals surface area contributed by atoms with E-state index in [4.69, 9.17) is 0 Å². The summed E-state index contributed by atoms with van der Waals surface area (Å²) in [6.07, 6.45) is 2.83. The van der Waals surface area contributed by atoms with E-state index in [1.54, 1.807) is 12.3 Å². The average molecular weight is 288 g/mol. The first-order valence-corrected chi connectivity index (χ1v) is 5.27.